The third-order valence-corrected chi connectivity index (χ3v) is 5.58. The number of nitrogens with one attached hydrogen (secondary N) is 1. The van der Waals surface area contributed by atoms with Gasteiger partial charge in [-0.3, -0.25) is 34.6 Å². The summed E-state index contributed by atoms with van der Waals surface area (Å²) in [5, 5.41) is 33.1. The number of benzene rings is 2. The number of hydrogen-bond acceptors (Lipinski definition) is 12. The van der Waals surface area contributed by atoms with Gasteiger partial charge in [-0.05, 0) is 34.1 Å². The van der Waals surface area contributed by atoms with Crippen molar-refractivity contribution in [1.29, 1.82) is 0 Å². The van der Waals surface area contributed by atoms with Gasteiger partial charge in [0.1, 0.15) is 5.69 Å². The normalized spacial score (nSPS) is 10.6. The lowest BCUT2D eigenvalue weighted by atomic mass is 10.2. The van der Waals surface area contributed by atoms with Crippen LogP contribution in [0.2, 0.25) is 0 Å². The Morgan fingerprint density at radius 2 is 1.58 bits per heavy atom. The van der Waals surface area contributed by atoms with Gasteiger partial charge < -0.3 is 19.7 Å². The molecule has 16 heteroatoms. The van der Waals surface area contributed by atoms with Crippen molar-refractivity contribution in [2.24, 2.45) is 10.2 Å². The molecule has 0 fully saturated rings. The average molecular weight is 595 g/mol. The molecule has 2 rings (SSSR count). The summed E-state index contributed by atoms with van der Waals surface area (Å²) >= 11 is 3.05. The van der Waals surface area contributed by atoms with Crippen molar-refractivity contribution in [2.75, 3.05) is 37.5 Å². The predicted molar refractivity (Wildman–Crippen MR) is 138 cm³/mol. The van der Waals surface area contributed by atoms with Crippen LogP contribution in [-0.2, 0) is 23.9 Å². The summed E-state index contributed by atoms with van der Waals surface area (Å²) in [7, 11) is 2.51. The molecule has 0 aromatic heterocycles. The number of nitrogens with zero attached hydrogens (tertiary/aromatic N) is 5. The number of non-ortho nitro benzene ring substituents is 1. The fourth-order valence-electron chi connectivity index (χ4n) is 3.14. The number of ether oxygens (including phenoxy) is 2. The van der Waals surface area contributed by atoms with E-state index in [-0.39, 0.29) is 47.5 Å². The van der Waals surface area contributed by atoms with E-state index in [1.165, 1.54) is 33.3 Å². The summed E-state index contributed by atoms with van der Waals surface area (Å²) in [6, 6.07) is 6.41. The first-order valence-corrected chi connectivity index (χ1v) is 11.6. The third-order valence-electron chi connectivity index (χ3n) is 4.98. The lowest BCUT2D eigenvalue weighted by Gasteiger charge is -2.25. The van der Waals surface area contributed by atoms with E-state index in [0.29, 0.717) is 5.69 Å². The van der Waals surface area contributed by atoms with Crippen LogP contribution in [0.5, 0.6) is 0 Å². The molecule has 0 heterocycles. The van der Waals surface area contributed by atoms with Gasteiger partial charge in [0, 0.05) is 31.8 Å². The molecule has 0 atom stereocenters. The predicted octanol–water partition coefficient (Wildman–Crippen LogP) is 4.57. The number of carbonyl (C=O) groups is 3. The largest absolute Gasteiger partial charge is 0.469 e. The summed E-state index contributed by atoms with van der Waals surface area (Å²) < 4.78 is 9.33. The zero-order valence-electron chi connectivity index (χ0n) is 20.5. The quantitative estimate of drug-likeness (QED) is 0.157. The second kappa shape index (κ2) is 13.7. The van der Waals surface area contributed by atoms with Crippen LogP contribution in [-0.4, -0.2) is 55.0 Å². The van der Waals surface area contributed by atoms with E-state index in [0.717, 1.165) is 12.1 Å². The van der Waals surface area contributed by atoms with Gasteiger partial charge in [0.2, 0.25) is 5.91 Å². The maximum atomic E-state index is 11.8. The number of methoxy groups -OCH3 is 2. The zero-order chi connectivity index (χ0) is 28.4. The van der Waals surface area contributed by atoms with Gasteiger partial charge in [-0.1, -0.05) is 0 Å². The lowest BCUT2D eigenvalue weighted by molar-refractivity contribution is -0.393. The van der Waals surface area contributed by atoms with E-state index in [4.69, 9.17) is 0 Å². The van der Waals surface area contributed by atoms with Crippen LogP contribution >= 0.6 is 15.9 Å². The highest BCUT2D eigenvalue weighted by Crippen LogP contribution is 2.40. The Labute approximate surface area is 224 Å². The number of nitro groups is 2. The summed E-state index contributed by atoms with van der Waals surface area (Å²) in [6.45, 7) is 1.63. The van der Waals surface area contributed by atoms with E-state index in [1.807, 2.05) is 0 Å². The Morgan fingerprint density at radius 1 is 0.974 bits per heavy atom. The molecule has 0 radical (unpaired) electrons. The van der Waals surface area contributed by atoms with Crippen molar-refractivity contribution >= 4 is 67.9 Å². The second-order valence-electron chi connectivity index (χ2n) is 7.53. The smallest absolute Gasteiger partial charge is 0.307 e. The molecule has 0 spiro atoms. The maximum Gasteiger partial charge on any atom is 0.307 e. The molecule has 2 aromatic carbocycles. The van der Waals surface area contributed by atoms with Crippen molar-refractivity contribution in [3.8, 4) is 0 Å². The summed E-state index contributed by atoms with van der Waals surface area (Å²) in [4.78, 5) is 57.9. The Bertz CT molecular complexity index is 1260. The number of halogens is 1. The number of hydrogen-bond donors (Lipinski definition) is 1. The van der Waals surface area contributed by atoms with Gasteiger partial charge in [-0.2, -0.15) is 0 Å². The van der Waals surface area contributed by atoms with Gasteiger partial charge in [0.05, 0.1) is 53.1 Å². The molecule has 15 nitrogen and oxygen atoms in total. The fourth-order valence-corrected chi connectivity index (χ4v) is 3.66. The van der Waals surface area contributed by atoms with Gasteiger partial charge >= 0.3 is 17.6 Å². The van der Waals surface area contributed by atoms with Gasteiger partial charge in [-0.25, -0.2) is 0 Å². The molecule has 0 aliphatic heterocycles. The Balaban J connectivity index is 2.50. The summed E-state index contributed by atoms with van der Waals surface area (Å²) in [5.41, 5.74) is -0.613. The average Bonchev–Trinajstić information content (AvgIpc) is 2.87. The summed E-state index contributed by atoms with van der Waals surface area (Å²) in [6.07, 6.45) is 0.0406. The number of esters is 2. The fraction of sp³-hybridized carbons (Fsp3) is 0.318. The number of carbonyl (C=O) groups excluding carboxylic acids is 3. The highest BCUT2D eigenvalue weighted by atomic mass is 79.9. The molecule has 0 saturated carbocycles. The minimum atomic E-state index is -0.829. The first-order valence-electron chi connectivity index (χ1n) is 10.8. The standard InChI is InChI=1S/C22H23BrN6O9/c1-13(30)24-18-11-14(27(8-6-20(31)37-2)9-7-21(32)38-3)4-5-17(18)25-26-22-16(23)10-15(28(33)34)12-19(22)29(35)36/h4-5,10-12H,6-9H2,1-3H3,(H,24,30). The minimum absolute atomic E-state index is 0.0203. The third kappa shape index (κ3) is 8.29. The molecular formula is C22H23BrN6O9. The molecular weight excluding hydrogens is 572 g/mol. The van der Waals surface area contributed by atoms with Crippen LogP contribution in [0.1, 0.15) is 19.8 Å². The molecule has 0 bridgehead atoms. The number of amides is 1. The molecule has 0 aliphatic rings. The number of rotatable bonds is 12. The topological polar surface area (TPSA) is 196 Å². The Morgan fingerprint density at radius 3 is 2.08 bits per heavy atom. The SMILES string of the molecule is COC(=O)CCN(CCC(=O)OC)c1ccc(N=Nc2c(Br)cc([N+](=O)[O-])cc2[N+](=O)[O-])c(NC(C)=O)c1. The van der Waals surface area contributed by atoms with Crippen LogP contribution in [0.25, 0.3) is 0 Å². The van der Waals surface area contributed by atoms with Crippen LogP contribution in [0, 0.1) is 20.2 Å². The molecule has 202 valence electrons. The van der Waals surface area contributed by atoms with Gasteiger partial charge in [0.25, 0.3) is 5.69 Å². The number of azo groups is 1. The molecule has 0 unspecified atom stereocenters. The van der Waals surface area contributed by atoms with Crippen LogP contribution in [0.3, 0.4) is 0 Å². The zero-order valence-corrected chi connectivity index (χ0v) is 22.1. The van der Waals surface area contributed by atoms with Crippen molar-refractivity contribution < 1.29 is 33.7 Å². The van der Waals surface area contributed by atoms with E-state index in [2.05, 4.69) is 40.9 Å². The van der Waals surface area contributed by atoms with E-state index in [1.54, 1.807) is 11.0 Å². The highest BCUT2D eigenvalue weighted by molar-refractivity contribution is 9.10. The molecule has 0 saturated heterocycles. The molecule has 1 amide bonds. The summed E-state index contributed by atoms with van der Waals surface area (Å²) in [5.74, 6) is -1.37. The van der Waals surface area contributed by atoms with Gasteiger partial charge in [0.15, 0.2) is 5.69 Å². The lowest BCUT2D eigenvalue weighted by Crippen LogP contribution is -2.29. The maximum absolute atomic E-state index is 11.8. The monoisotopic (exact) mass is 594 g/mol. The van der Waals surface area contributed by atoms with Crippen molar-refractivity contribution in [3.63, 3.8) is 0 Å². The highest BCUT2D eigenvalue weighted by Gasteiger charge is 2.24. The first kappa shape index (κ1) is 29.8. The molecule has 0 aliphatic carbocycles. The first-order chi connectivity index (χ1) is 18.0. The Kier molecular flexibility index (Phi) is 10.8. The van der Waals surface area contributed by atoms with Crippen molar-refractivity contribution in [2.45, 2.75) is 19.8 Å². The van der Waals surface area contributed by atoms with E-state index < -0.39 is 39.1 Å². The molecule has 1 N–H and O–H groups in total. The van der Waals surface area contributed by atoms with Crippen molar-refractivity contribution in [1.82, 2.24) is 0 Å². The van der Waals surface area contributed by atoms with Crippen LogP contribution < -0.4 is 10.2 Å². The van der Waals surface area contributed by atoms with E-state index in [9.17, 15) is 34.6 Å². The Hall–Kier alpha value is -4.47. The van der Waals surface area contributed by atoms with Crippen LogP contribution in [0.15, 0.2) is 45.0 Å². The minimum Gasteiger partial charge on any atom is -0.469 e. The van der Waals surface area contributed by atoms with Crippen LogP contribution in [0.4, 0.5) is 34.1 Å². The molecule has 2 aromatic rings. The molecule has 38 heavy (non-hydrogen) atoms. The number of nitro benzene ring substituents is 2. The second-order valence-corrected chi connectivity index (χ2v) is 8.39. The van der Waals surface area contributed by atoms with Gasteiger partial charge in [-0.15, -0.1) is 10.2 Å². The number of anilines is 2. The van der Waals surface area contributed by atoms with Crippen molar-refractivity contribution in [3.05, 3.63) is 55.0 Å². The van der Waals surface area contributed by atoms with E-state index >= 15 is 0 Å².